The van der Waals surface area contributed by atoms with Gasteiger partial charge in [0, 0.05) is 24.1 Å². The van der Waals surface area contributed by atoms with Crippen LogP contribution in [0, 0.1) is 0 Å². The van der Waals surface area contributed by atoms with E-state index in [1.165, 1.54) is 18.5 Å². The minimum absolute atomic E-state index is 0.575. The Hall–Kier alpha value is -1.77. The molecule has 3 heteroatoms. The highest BCUT2D eigenvalue weighted by molar-refractivity contribution is 5.49. The first-order valence-corrected chi connectivity index (χ1v) is 6.70. The zero-order valence-electron chi connectivity index (χ0n) is 11.1. The van der Waals surface area contributed by atoms with Crippen molar-refractivity contribution in [3.8, 4) is 5.69 Å². The molecule has 0 spiro atoms. The van der Waals surface area contributed by atoms with Gasteiger partial charge in [0.1, 0.15) is 0 Å². The lowest BCUT2D eigenvalue weighted by Gasteiger charge is -2.17. The van der Waals surface area contributed by atoms with E-state index in [1.807, 2.05) is 16.9 Å². The molecule has 0 aliphatic rings. The second-order valence-electron chi connectivity index (χ2n) is 4.54. The number of nitrogens with one attached hydrogen (secondary N) is 1. The van der Waals surface area contributed by atoms with Crippen LogP contribution in [0.25, 0.3) is 5.69 Å². The molecule has 3 nitrogen and oxygen atoms in total. The molecule has 1 unspecified atom stereocenters. The molecule has 2 aromatic rings. The molecule has 18 heavy (non-hydrogen) atoms. The van der Waals surface area contributed by atoms with Crippen molar-refractivity contribution in [3.05, 3.63) is 42.7 Å². The zero-order valence-corrected chi connectivity index (χ0v) is 11.1. The maximum Gasteiger partial charge on any atom is 0.0647 e. The minimum Gasteiger partial charge on any atom is -0.382 e. The minimum atomic E-state index is 0.575. The van der Waals surface area contributed by atoms with Gasteiger partial charge in [-0.15, -0.1) is 0 Å². The fraction of sp³-hybridized carbons (Fsp3) is 0.400. The molecule has 0 saturated heterocycles. The summed E-state index contributed by atoms with van der Waals surface area (Å²) in [6, 6.07) is 10.9. The summed E-state index contributed by atoms with van der Waals surface area (Å²) in [5.41, 5.74) is 2.28. The average Bonchev–Trinajstić information content (AvgIpc) is 2.93. The normalized spacial score (nSPS) is 12.3. The standard InChI is InChI=1S/C15H21N3/c1-3-6-13(4-2)17-14-7-9-15(10-8-14)18-12-5-11-16-18/h5,7-13,17H,3-4,6H2,1-2H3. The number of hydrogen-bond acceptors (Lipinski definition) is 2. The van der Waals surface area contributed by atoms with Crippen molar-refractivity contribution in [2.24, 2.45) is 0 Å². The van der Waals surface area contributed by atoms with Crippen molar-refractivity contribution in [2.45, 2.75) is 39.2 Å². The highest BCUT2D eigenvalue weighted by Crippen LogP contribution is 2.15. The number of benzene rings is 1. The summed E-state index contributed by atoms with van der Waals surface area (Å²) in [4.78, 5) is 0. The Kier molecular flexibility index (Phi) is 4.40. The van der Waals surface area contributed by atoms with Crippen LogP contribution in [0.2, 0.25) is 0 Å². The molecule has 0 aliphatic carbocycles. The van der Waals surface area contributed by atoms with Gasteiger partial charge in [0.05, 0.1) is 5.69 Å². The first-order chi connectivity index (χ1) is 8.83. The second kappa shape index (κ2) is 6.24. The molecule has 1 N–H and O–H groups in total. The summed E-state index contributed by atoms with van der Waals surface area (Å²) in [6.45, 7) is 4.45. The van der Waals surface area contributed by atoms with E-state index in [-0.39, 0.29) is 0 Å². The SMILES string of the molecule is CCCC(CC)Nc1ccc(-n2cccn2)cc1. The quantitative estimate of drug-likeness (QED) is 0.834. The van der Waals surface area contributed by atoms with Crippen molar-refractivity contribution >= 4 is 5.69 Å². The van der Waals surface area contributed by atoms with E-state index in [2.05, 4.69) is 48.5 Å². The largest absolute Gasteiger partial charge is 0.382 e. The number of nitrogens with zero attached hydrogens (tertiary/aromatic N) is 2. The molecular formula is C15H21N3. The van der Waals surface area contributed by atoms with E-state index in [9.17, 15) is 0 Å². The van der Waals surface area contributed by atoms with Gasteiger partial charge in [-0.25, -0.2) is 4.68 Å². The molecule has 1 aromatic heterocycles. The molecule has 0 saturated carbocycles. The van der Waals surface area contributed by atoms with Crippen molar-refractivity contribution in [1.82, 2.24) is 9.78 Å². The third kappa shape index (κ3) is 3.13. The van der Waals surface area contributed by atoms with Crippen LogP contribution in [0.5, 0.6) is 0 Å². The number of rotatable bonds is 6. The van der Waals surface area contributed by atoms with E-state index < -0.39 is 0 Å². The van der Waals surface area contributed by atoms with Crippen molar-refractivity contribution in [2.75, 3.05) is 5.32 Å². The molecule has 1 aromatic carbocycles. The van der Waals surface area contributed by atoms with Crippen molar-refractivity contribution < 1.29 is 0 Å². The average molecular weight is 243 g/mol. The van der Waals surface area contributed by atoms with Gasteiger partial charge in [-0.1, -0.05) is 20.3 Å². The third-order valence-corrected chi connectivity index (χ3v) is 3.14. The molecule has 0 radical (unpaired) electrons. The summed E-state index contributed by atoms with van der Waals surface area (Å²) in [5.74, 6) is 0. The highest BCUT2D eigenvalue weighted by atomic mass is 15.3. The van der Waals surface area contributed by atoms with Gasteiger partial charge in [-0.2, -0.15) is 5.10 Å². The van der Waals surface area contributed by atoms with Crippen LogP contribution < -0.4 is 5.32 Å². The van der Waals surface area contributed by atoms with Crippen LogP contribution >= 0.6 is 0 Å². The van der Waals surface area contributed by atoms with Gasteiger partial charge in [0.15, 0.2) is 0 Å². The number of anilines is 1. The Balaban J connectivity index is 2.03. The van der Waals surface area contributed by atoms with Crippen molar-refractivity contribution in [3.63, 3.8) is 0 Å². The van der Waals surface area contributed by atoms with Crippen LogP contribution in [0.4, 0.5) is 5.69 Å². The van der Waals surface area contributed by atoms with Crippen LogP contribution in [0.3, 0.4) is 0 Å². The Morgan fingerprint density at radius 1 is 1.22 bits per heavy atom. The van der Waals surface area contributed by atoms with Gasteiger partial charge < -0.3 is 5.32 Å². The summed E-state index contributed by atoms with van der Waals surface area (Å²) < 4.78 is 1.87. The van der Waals surface area contributed by atoms with Crippen molar-refractivity contribution in [1.29, 1.82) is 0 Å². The first kappa shape index (κ1) is 12.7. The predicted octanol–water partition coefficient (Wildman–Crippen LogP) is 3.86. The van der Waals surface area contributed by atoms with E-state index in [0.29, 0.717) is 6.04 Å². The van der Waals surface area contributed by atoms with Gasteiger partial charge >= 0.3 is 0 Å². The number of aromatic nitrogens is 2. The Morgan fingerprint density at radius 3 is 2.56 bits per heavy atom. The van der Waals surface area contributed by atoms with E-state index in [1.54, 1.807) is 6.20 Å². The van der Waals surface area contributed by atoms with Gasteiger partial charge in [-0.3, -0.25) is 0 Å². The second-order valence-corrected chi connectivity index (χ2v) is 4.54. The molecule has 0 amide bonds. The molecular weight excluding hydrogens is 222 g/mol. The van der Waals surface area contributed by atoms with E-state index >= 15 is 0 Å². The third-order valence-electron chi connectivity index (χ3n) is 3.14. The Morgan fingerprint density at radius 2 is 2.00 bits per heavy atom. The molecule has 0 fully saturated rings. The smallest absolute Gasteiger partial charge is 0.0647 e. The summed E-state index contributed by atoms with van der Waals surface area (Å²) in [7, 11) is 0. The Labute approximate surface area is 109 Å². The van der Waals surface area contributed by atoms with Gasteiger partial charge in [-0.05, 0) is 43.2 Å². The fourth-order valence-electron chi connectivity index (χ4n) is 2.09. The zero-order chi connectivity index (χ0) is 12.8. The molecule has 1 heterocycles. The van der Waals surface area contributed by atoms with Crippen LogP contribution in [-0.2, 0) is 0 Å². The maximum atomic E-state index is 4.22. The maximum absolute atomic E-state index is 4.22. The molecule has 1 atom stereocenters. The Bertz CT molecular complexity index is 445. The van der Waals surface area contributed by atoms with Gasteiger partial charge in [0.25, 0.3) is 0 Å². The highest BCUT2D eigenvalue weighted by Gasteiger charge is 2.04. The van der Waals surface area contributed by atoms with E-state index in [0.717, 1.165) is 12.1 Å². The van der Waals surface area contributed by atoms with Crippen LogP contribution in [0.1, 0.15) is 33.1 Å². The lowest BCUT2D eigenvalue weighted by molar-refractivity contribution is 0.623. The predicted molar refractivity (Wildman–Crippen MR) is 76.2 cm³/mol. The summed E-state index contributed by atoms with van der Waals surface area (Å²) >= 11 is 0. The summed E-state index contributed by atoms with van der Waals surface area (Å²) in [5, 5.41) is 7.79. The van der Waals surface area contributed by atoms with E-state index in [4.69, 9.17) is 0 Å². The fourth-order valence-corrected chi connectivity index (χ4v) is 2.09. The summed E-state index contributed by atoms with van der Waals surface area (Å²) in [6.07, 6.45) is 7.35. The molecule has 0 aliphatic heterocycles. The molecule has 96 valence electrons. The number of hydrogen-bond donors (Lipinski definition) is 1. The monoisotopic (exact) mass is 243 g/mol. The first-order valence-electron chi connectivity index (χ1n) is 6.70. The lowest BCUT2D eigenvalue weighted by Crippen LogP contribution is -2.17. The molecule has 0 bridgehead atoms. The van der Waals surface area contributed by atoms with Crippen LogP contribution in [-0.4, -0.2) is 15.8 Å². The van der Waals surface area contributed by atoms with Crippen LogP contribution in [0.15, 0.2) is 42.7 Å². The molecule has 2 rings (SSSR count). The lowest BCUT2D eigenvalue weighted by atomic mass is 10.1. The topological polar surface area (TPSA) is 29.9 Å². The van der Waals surface area contributed by atoms with Gasteiger partial charge in [0.2, 0.25) is 0 Å².